The van der Waals surface area contributed by atoms with Crippen LogP contribution in [-0.2, 0) is 4.79 Å². The van der Waals surface area contributed by atoms with Gasteiger partial charge >= 0.3 is 12.0 Å². The van der Waals surface area contributed by atoms with E-state index >= 15 is 0 Å². The fraction of sp³-hybridized carbons (Fsp3) is 0.818. The molecule has 0 aromatic heterocycles. The average Bonchev–Trinajstić information content (AvgIpc) is 2.15. The molecular weight excluding hydrogens is 208 g/mol. The Kier molecular flexibility index (Phi) is 5.85. The van der Waals surface area contributed by atoms with Crippen LogP contribution in [0.1, 0.15) is 47.0 Å². The number of aliphatic carboxylic acids is 1. The first-order chi connectivity index (χ1) is 7.33. The molecule has 0 fully saturated rings. The van der Waals surface area contributed by atoms with Crippen molar-refractivity contribution in [2.45, 2.75) is 58.5 Å². The largest absolute Gasteiger partial charge is 0.480 e. The van der Waals surface area contributed by atoms with Gasteiger partial charge in [0.05, 0.1) is 0 Å². The smallest absolute Gasteiger partial charge is 0.328 e. The van der Waals surface area contributed by atoms with Gasteiger partial charge in [-0.3, -0.25) is 0 Å². The maximum atomic E-state index is 11.5. The molecule has 0 spiro atoms. The molecule has 0 aromatic rings. The molecule has 0 saturated heterocycles. The predicted molar refractivity (Wildman–Crippen MR) is 62.4 cm³/mol. The van der Waals surface area contributed by atoms with E-state index in [1.807, 2.05) is 13.8 Å². The second kappa shape index (κ2) is 6.35. The molecule has 3 N–H and O–H groups in total. The zero-order valence-corrected chi connectivity index (χ0v) is 10.5. The van der Waals surface area contributed by atoms with E-state index in [0.717, 1.165) is 19.3 Å². The Labute approximate surface area is 96.6 Å². The van der Waals surface area contributed by atoms with Crippen LogP contribution in [0.2, 0.25) is 0 Å². The van der Waals surface area contributed by atoms with Gasteiger partial charge in [-0.05, 0) is 26.7 Å². The summed E-state index contributed by atoms with van der Waals surface area (Å²) in [4.78, 5) is 22.3. The third kappa shape index (κ3) is 5.00. The normalized spacial score (nSPS) is 13.0. The van der Waals surface area contributed by atoms with E-state index in [2.05, 4.69) is 10.6 Å². The van der Waals surface area contributed by atoms with Crippen LogP contribution in [-0.4, -0.2) is 28.7 Å². The minimum atomic E-state index is -1.24. The summed E-state index contributed by atoms with van der Waals surface area (Å²) in [5.41, 5.74) is -1.24. The number of carboxylic acids is 1. The standard InChI is InChI=1S/C11H22N2O3/c1-5-7-8(6-2)12-10(16)13-11(3,4)9(14)15/h8H,5-7H2,1-4H3,(H,14,15)(H2,12,13,16). The molecule has 0 rings (SSSR count). The second-order valence-corrected chi connectivity index (χ2v) is 4.42. The van der Waals surface area contributed by atoms with Crippen molar-refractivity contribution in [1.29, 1.82) is 0 Å². The summed E-state index contributed by atoms with van der Waals surface area (Å²) in [6, 6.07) is -0.317. The van der Waals surface area contributed by atoms with Gasteiger partial charge in [0.15, 0.2) is 0 Å². The van der Waals surface area contributed by atoms with Gasteiger partial charge in [0.1, 0.15) is 5.54 Å². The summed E-state index contributed by atoms with van der Waals surface area (Å²) in [6.45, 7) is 6.94. The van der Waals surface area contributed by atoms with Gasteiger partial charge < -0.3 is 15.7 Å². The number of carboxylic acid groups (broad SMARTS) is 1. The van der Waals surface area contributed by atoms with Gasteiger partial charge in [-0.15, -0.1) is 0 Å². The minimum Gasteiger partial charge on any atom is -0.480 e. The topological polar surface area (TPSA) is 78.4 Å². The van der Waals surface area contributed by atoms with E-state index in [-0.39, 0.29) is 6.04 Å². The molecule has 1 unspecified atom stereocenters. The van der Waals surface area contributed by atoms with E-state index in [9.17, 15) is 9.59 Å². The van der Waals surface area contributed by atoms with Crippen molar-refractivity contribution in [3.05, 3.63) is 0 Å². The lowest BCUT2D eigenvalue weighted by Crippen LogP contribution is -2.54. The number of rotatable bonds is 6. The molecule has 5 heteroatoms. The summed E-state index contributed by atoms with van der Waals surface area (Å²) in [5.74, 6) is -1.05. The Balaban J connectivity index is 4.21. The highest BCUT2D eigenvalue weighted by Crippen LogP contribution is 2.04. The van der Waals surface area contributed by atoms with Gasteiger partial charge in [0.25, 0.3) is 0 Å². The molecular formula is C11H22N2O3. The Morgan fingerprint density at radius 3 is 2.25 bits per heavy atom. The predicted octanol–water partition coefficient (Wildman–Crippen LogP) is 1.73. The first kappa shape index (κ1) is 14.7. The Bertz CT molecular complexity index is 252. The van der Waals surface area contributed by atoms with Crippen LogP contribution >= 0.6 is 0 Å². The molecule has 5 nitrogen and oxygen atoms in total. The Morgan fingerprint density at radius 1 is 1.31 bits per heavy atom. The molecule has 1 atom stereocenters. The number of hydrogen-bond donors (Lipinski definition) is 3. The number of carbonyl (C=O) groups excluding carboxylic acids is 1. The molecule has 0 saturated carbocycles. The number of nitrogens with one attached hydrogen (secondary N) is 2. The fourth-order valence-corrected chi connectivity index (χ4v) is 1.29. The molecule has 0 bridgehead atoms. The number of amides is 2. The van der Waals surface area contributed by atoms with Crippen molar-refractivity contribution >= 4 is 12.0 Å². The minimum absolute atomic E-state index is 0.106. The summed E-state index contributed by atoms with van der Waals surface area (Å²) >= 11 is 0. The van der Waals surface area contributed by atoms with Gasteiger partial charge in [-0.1, -0.05) is 20.3 Å². The van der Waals surface area contributed by atoms with Crippen LogP contribution in [0.3, 0.4) is 0 Å². The van der Waals surface area contributed by atoms with Crippen LogP contribution in [0.4, 0.5) is 4.79 Å². The maximum Gasteiger partial charge on any atom is 0.328 e. The van der Waals surface area contributed by atoms with E-state index in [4.69, 9.17) is 5.11 Å². The van der Waals surface area contributed by atoms with Gasteiger partial charge in [0, 0.05) is 6.04 Å². The van der Waals surface area contributed by atoms with Crippen LogP contribution in [0.15, 0.2) is 0 Å². The zero-order valence-electron chi connectivity index (χ0n) is 10.5. The highest BCUT2D eigenvalue weighted by atomic mass is 16.4. The highest BCUT2D eigenvalue weighted by molar-refractivity contribution is 5.85. The van der Waals surface area contributed by atoms with Gasteiger partial charge in [0.2, 0.25) is 0 Å². The Morgan fingerprint density at radius 2 is 1.88 bits per heavy atom. The van der Waals surface area contributed by atoms with Crippen molar-refractivity contribution in [3.63, 3.8) is 0 Å². The van der Waals surface area contributed by atoms with Crippen molar-refractivity contribution in [1.82, 2.24) is 10.6 Å². The van der Waals surface area contributed by atoms with Crippen LogP contribution < -0.4 is 10.6 Å². The van der Waals surface area contributed by atoms with Crippen molar-refractivity contribution in [3.8, 4) is 0 Å². The molecule has 0 heterocycles. The molecule has 0 aromatic carbocycles. The highest BCUT2D eigenvalue weighted by Gasteiger charge is 2.29. The lowest BCUT2D eigenvalue weighted by atomic mass is 10.1. The first-order valence-corrected chi connectivity index (χ1v) is 5.65. The third-order valence-corrected chi connectivity index (χ3v) is 2.43. The third-order valence-electron chi connectivity index (χ3n) is 2.43. The molecule has 0 aliphatic carbocycles. The lowest BCUT2D eigenvalue weighted by molar-refractivity contribution is -0.142. The zero-order chi connectivity index (χ0) is 12.8. The van der Waals surface area contributed by atoms with Crippen molar-refractivity contribution < 1.29 is 14.7 Å². The summed E-state index contributed by atoms with van der Waals surface area (Å²) in [5, 5.41) is 14.0. The fourth-order valence-electron chi connectivity index (χ4n) is 1.29. The number of urea groups is 1. The number of carbonyl (C=O) groups is 2. The SMILES string of the molecule is CCCC(CC)NC(=O)NC(C)(C)C(=O)O. The van der Waals surface area contributed by atoms with E-state index in [1.165, 1.54) is 13.8 Å². The number of hydrogen-bond acceptors (Lipinski definition) is 2. The van der Waals surface area contributed by atoms with Gasteiger partial charge in [-0.2, -0.15) is 0 Å². The summed E-state index contributed by atoms with van der Waals surface area (Å²) in [7, 11) is 0. The molecule has 0 aliphatic heterocycles. The van der Waals surface area contributed by atoms with E-state index in [0.29, 0.717) is 0 Å². The van der Waals surface area contributed by atoms with Crippen molar-refractivity contribution in [2.24, 2.45) is 0 Å². The first-order valence-electron chi connectivity index (χ1n) is 5.65. The summed E-state index contributed by atoms with van der Waals surface area (Å²) in [6.07, 6.45) is 2.73. The van der Waals surface area contributed by atoms with Crippen LogP contribution in [0.25, 0.3) is 0 Å². The van der Waals surface area contributed by atoms with Crippen LogP contribution in [0.5, 0.6) is 0 Å². The lowest BCUT2D eigenvalue weighted by Gasteiger charge is -2.23. The van der Waals surface area contributed by atoms with E-state index in [1.54, 1.807) is 0 Å². The molecule has 0 aliphatic rings. The monoisotopic (exact) mass is 230 g/mol. The second-order valence-electron chi connectivity index (χ2n) is 4.42. The molecule has 16 heavy (non-hydrogen) atoms. The molecule has 94 valence electrons. The van der Waals surface area contributed by atoms with Crippen molar-refractivity contribution in [2.75, 3.05) is 0 Å². The quantitative estimate of drug-likeness (QED) is 0.650. The molecule has 2 amide bonds. The summed E-state index contributed by atoms with van der Waals surface area (Å²) < 4.78 is 0. The maximum absolute atomic E-state index is 11.5. The van der Waals surface area contributed by atoms with Crippen LogP contribution in [0, 0.1) is 0 Å². The molecule has 0 radical (unpaired) electrons. The average molecular weight is 230 g/mol. The van der Waals surface area contributed by atoms with Gasteiger partial charge in [-0.25, -0.2) is 9.59 Å². The Hall–Kier alpha value is -1.26. The van der Waals surface area contributed by atoms with E-state index < -0.39 is 17.5 Å².